The average molecular weight is 248 g/mol. The van der Waals surface area contributed by atoms with Gasteiger partial charge in [-0.2, -0.15) is 0 Å². The lowest BCUT2D eigenvalue weighted by molar-refractivity contribution is 0.103. The Morgan fingerprint density at radius 1 is 1.39 bits per heavy atom. The van der Waals surface area contributed by atoms with Crippen molar-refractivity contribution in [1.29, 1.82) is 0 Å². The smallest absolute Gasteiger partial charge is 0.160 e. The number of aromatic nitrogens is 2. The number of aliphatic hydroxyl groups is 1. The molecule has 1 aliphatic heterocycles. The van der Waals surface area contributed by atoms with Crippen molar-refractivity contribution in [3.8, 4) is 0 Å². The highest BCUT2D eigenvalue weighted by Gasteiger charge is 2.26. The van der Waals surface area contributed by atoms with Crippen LogP contribution >= 0.6 is 0 Å². The van der Waals surface area contributed by atoms with E-state index < -0.39 is 0 Å². The molecule has 1 aliphatic rings. The summed E-state index contributed by atoms with van der Waals surface area (Å²) in [6.45, 7) is 3.56. The molecule has 0 radical (unpaired) electrons. The van der Waals surface area contributed by atoms with Gasteiger partial charge < -0.3 is 15.7 Å². The molecule has 3 N–H and O–H groups in total. The highest BCUT2D eigenvalue weighted by Crippen LogP contribution is 2.31. The summed E-state index contributed by atoms with van der Waals surface area (Å²) in [4.78, 5) is 2.11. The van der Waals surface area contributed by atoms with E-state index in [4.69, 9.17) is 10.4 Å². The van der Waals surface area contributed by atoms with Crippen LogP contribution in [0.2, 0.25) is 0 Å². The fourth-order valence-corrected chi connectivity index (χ4v) is 2.40. The van der Waals surface area contributed by atoms with Crippen molar-refractivity contribution in [2.24, 2.45) is 5.92 Å². The van der Waals surface area contributed by atoms with Crippen LogP contribution in [-0.2, 0) is 0 Å². The molecule has 6 heteroatoms. The maximum absolute atomic E-state index is 9.96. The lowest BCUT2D eigenvalue weighted by Gasteiger charge is -2.35. The van der Waals surface area contributed by atoms with Gasteiger partial charge in [-0.25, -0.2) is 4.63 Å². The molecule has 0 saturated carbocycles. The Kier molecular flexibility index (Phi) is 2.59. The third-order valence-corrected chi connectivity index (χ3v) is 3.68. The molecule has 0 spiro atoms. The number of anilines is 2. The minimum Gasteiger partial charge on any atom is -0.397 e. The maximum atomic E-state index is 9.96. The zero-order valence-corrected chi connectivity index (χ0v) is 10.2. The largest absolute Gasteiger partial charge is 0.397 e. The standard InChI is InChI=1S/C12H16N4O2/c1-7-4-5-16(6-10(7)17)9-3-2-8(13)11-12(9)15-18-14-11/h2-3,7,10,17H,4-6,13H2,1H3. The Bertz CT molecular complexity index is 568. The summed E-state index contributed by atoms with van der Waals surface area (Å²) in [6.07, 6.45) is 0.643. The van der Waals surface area contributed by atoms with Crippen LogP contribution in [-0.4, -0.2) is 34.6 Å². The predicted molar refractivity (Wildman–Crippen MR) is 68.2 cm³/mol. The number of rotatable bonds is 1. The Labute approximate surface area is 104 Å². The fourth-order valence-electron chi connectivity index (χ4n) is 2.40. The third-order valence-electron chi connectivity index (χ3n) is 3.68. The van der Waals surface area contributed by atoms with Gasteiger partial charge >= 0.3 is 0 Å². The SMILES string of the molecule is CC1CCN(c2ccc(N)c3nonc23)CC1O. The van der Waals surface area contributed by atoms with Crippen LogP contribution in [0.15, 0.2) is 16.8 Å². The van der Waals surface area contributed by atoms with Crippen molar-refractivity contribution in [1.82, 2.24) is 10.3 Å². The van der Waals surface area contributed by atoms with Gasteiger partial charge in [-0.1, -0.05) is 6.92 Å². The van der Waals surface area contributed by atoms with Crippen LogP contribution in [0.25, 0.3) is 11.0 Å². The lowest BCUT2D eigenvalue weighted by Crippen LogP contribution is -2.43. The topological polar surface area (TPSA) is 88.4 Å². The van der Waals surface area contributed by atoms with E-state index in [1.807, 2.05) is 6.07 Å². The highest BCUT2D eigenvalue weighted by molar-refractivity contribution is 5.95. The second-order valence-electron chi connectivity index (χ2n) is 4.91. The minimum atomic E-state index is -0.314. The summed E-state index contributed by atoms with van der Waals surface area (Å²) in [6, 6.07) is 3.71. The molecule has 1 aromatic carbocycles. The van der Waals surface area contributed by atoms with E-state index in [-0.39, 0.29) is 6.10 Å². The molecule has 3 rings (SSSR count). The Morgan fingerprint density at radius 3 is 2.94 bits per heavy atom. The molecular formula is C12H16N4O2. The van der Waals surface area contributed by atoms with E-state index in [0.717, 1.165) is 18.7 Å². The molecule has 96 valence electrons. The number of nitrogens with zero attached hydrogens (tertiary/aromatic N) is 3. The number of benzene rings is 1. The number of hydrogen-bond donors (Lipinski definition) is 2. The molecule has 0 aliphatic carbocycles. The van der Waals surface area contributed by atoms with E-state index in [1.54, 1.807) is 6.07 Å². The third kappa shape index (κ3) is 1.69. The van der Waals surface area contributed by atoms with Crippen LogP contribution in [0.5, 0.6) is 0 Å². The van der Waals surface area contributed by atoms with Crippen molar-refractivity contribution < 1.29 is 9.74 Å². The van der Waals surface area contributed by atoms with Crippen LogP contribution < -0.4 is 10.6 Å². The Morgan fingerprint density at radius 2 is 2.17 bits per heavy atom. The number of piperidine rings is 1. The molecule has 1 aromatic heterocycles. The Hall–Kier alpha value is -1.82. The first-order valence-electron chi connectivity index (χ1n) is 6.10. The predicted octanol–water partition coefficient (Wildman–Crippen LogP) is 1.01. The van der Waals surface area contributed by atoms with Gasteiger partial charge in [0.05, 0.1) is 17.5 Å². The van der Waals surface area contributed by atoms with Crippen LogP contribution in [0, 0.1) is 5.92 Å². The van der Waals surface area contributed by atoms with Crippen molar-refractivity contribution in [3.05, 3.63) is 12.1 Å². The number of fused-ring (bicyclic) bond motifs is 1. The first kappa shape index (κ1) is 11.3. The van der Waals surface area contributed by atoms with Gasteiger partial charge in [0.1, 0.15) is 0 Å². The van der Waals surface area contributed by atoms with E-state index in [9.17, 15) is 5.11 Å². The minimum absolute atomic E-state index is 0.314. The van der Waals surface area contributed by atoms with Gasteiger partial charge in [0, 0.05) is 13.1 Å². The number of aliphatic hydroxyl groups excluding tert-OH is 1. The van der Waals surface area contributed by atoms with Gasteiger partial charge in [-0.15, -0.1) is 0 Å². The molecule has 1 saturated heterocycles. The molecule has 2 atom stereocenters. The highest BCUT2D eigenvalue weighted by atomic mass is 16.6. The van der Waals surface area contributed by atoms with E-state index in [0.29, 0.717) is 29.2 Å². The zero-order chi connectivity index (χ0) is 12.7. The number of nitrogen functional groups attached to an aromatic ring is 1. The van der Waals surface area contributed by atoms with Gasteiger partial charge in [-0.05, 0) is 34.8 Å². The molecular weight excluding hydrogens is 232 g/mol. The van der Waals surface area contributed by atoms with E-state index in [1.165, 1.54) is 0 Å². The maximum Gasteiger partial charge on any atom is 0.160 e. The molecule has 0 bridgehead atoms. The van der Waals surface area contributed by atoms with Crippen LogP contribution in [0.4, 0.5) is 11.4 Å². The fraction of sp³-hybridized carbons (Fsp3) is 0.500. The van der Waals surface area contributed by atoms with Crippen molar-refractivity contribution in [2.75, 3.05) is 23.7 Å². The molecule has 2 unspecified atom stereocenters. The summed E-state index contributed by atoms with van der Waals surface area (Å²) < 4.78 is 4.76. The second-order valence-corrected chi connectivity index (χ2v) is 4.91. The number of nitrogens with two attached hydrogens (primary N) is 1. The van der Waals surface area contributed by atoms with E-state index >= 15 is 0 Å². The summed E-state index contributed by atoms with van der Waals surface area (Å²) >= 11 is 0. The molecule has 6 nitrogen and oxygen atoms in total. The van der Waals surface area contributed by atoms with Gasteiger partial charge in [0.25, 0.3) is 0 Å². The van der Waals surface area contributed by atoms with Crippen LogP contribution in [0.3, 0.4) is 0 Å². The monoisotopic (exact) mass is 248 g/mol. The van der Waals surface area contributed by atoms with Gasteiger partial charge in [0.15, 0.2) is 11.0 Å². The quantitative estimate of drug-likeness (QED) is 0.732. The molecule has 2 heterocycles. The molecule has 2 aromatic rings. The number of hydrogen-bond acceptors (Lipinski definition) is 6. The zero-order valence-electron chi connectivity index (χ0n) is 10.2. The molecule has 0 amide bonds. The normalized spacial score (nSPS) is 24.7. The molecule has 18 heavy (non-hydrogen) atoms. The molecule has 1 fully saturated rings. The van der Waals surface area contributed by atoms with Crippen molar-refractivity contribution in [2.45, 2.75) is 19.4 Å². The summed E-state index contributed by atoms with van der Waals surface area (Å²) in [7, 11) is 0. The first-order valence-corrected chi connectivity index (χ1v) is 6.10. The average Bonchev–Trinajstić information content (AvgIpc) is 2.83. The van der Waals surface area contributed by atoms with Crippen molar-refractivity contribution in [3.63, 3.8) is 0 Å². The second kappa shape index (κ2) is 4.13. The summed E-state index contributed by atoms with van der Waals surface area (Å²) in [5.41, 5.74) is 8.54. The van der Waals surface area contributed by atoms with Gasteiger partial charge in [-0.3, -0.25) is 0 Å². The summed E-state index contributed by atoms with van der Waals surface area (Å²) in [5.74, 6) is 0.334. The van der Waals surface area contributed by atoms with Crippen molar-refractivity contribution >= 4 is 22.4 Å². The Balaban J connectivity index is 2.00. The first-order chi connectivity index (χ1) is 8.66. The van der Waals surface area contributed by atoms with Crippen LogP contribution in [0.1, 0.15) is 13.3 Å². The van der Waals surface area contributed by atoms with Gasteiger partial charge in [0.2, 0.25) is 0 Å². The lowest BCUT2D eigenvalue weighted by atomic mass is 9.95. The summed E-state index contributed by atoms with van der Waals surface area (Å²) in [5, 5.41) is 17.7. The number of β-amino-alcohol motifs (C(OH)–C–C–N with tert-alkyl or cyclic N) is 1. The van der Waals surface area contributed by atoms with E-state index in [2.05, 4.69) is 22.1 Å².